The Bertz CT molecular complexity index is 1000. The maximum Gasteiger partial charge on any atom is 0.299 e. The molecule has 8 nitrogen and oxygen atoms in total. The van der Waals surface area contributed by atoms with Gasteiger partial charge >= 0.3 is 0 Å². The molecule has 4 rings (SSSR count). The molecule has 0 aliphatic carbocycles. The average molecular weight is 422 g/mol. The van der Waals surface area contributed by atoms with Gasteiger partial charge in [-0.1, -0.05) is 11.6 Å². The molecule has 0 unspecified atom stereocenters. The van der Waals surface area contributed by atoms with Crippen LogP contribution in [-0.4, -0.2) is 63.3 Å². The summed E-state index contributed by atoms with van der Waals surface area (Å²) in [6.45, 7) is 2.82. The van der Waals surface area contributed by atoms with Crippen molar-refractivity contribution in [3.63, 3.8) is 0 Å². The van der Waals surface area contributed by atoms with Crippen molar-refractivity contribution < 1.29 is 13.6 Å². The van der Waals surface area contributed by atoms with Crippen LogP contribution in [0.25, 0.3) is 5.65 Å². The van der Waals surface area contributed by atoms with E-state index in [1.807, 2.05) is 9.80 Å². The Hall–Kier alpha value is -2.85. The van der Waals surface area contributed by atoms with Gasteiger partial charge in [-0.25, -0.2) is 8.78 Å². The van der Waals surface area contributed by atoms with E-state index in [4.69, 9.17) is 11.6 Å². The van der Waals surface area contributed by atoms with E-state index in [1.165, 1.54) is 0 Å². The highest BCUT2D eigenvalue weighted by Crippen LogP contribution is 2.20. The van der Waals surface area contributed by atoms with Gasteiger partial charge in [-0.2, -0.15) is 4.52 Å². The predicted octanol–water partition coefficient (Wildman–Crippen LogP) is 2.48. The highest BCUT2D eigenvalue weighted by molar-refractivity contribution is 6.30. The zero-order valence-electron chi connectivity index (χ0n) is 15.3. The topological polar surface area (TPSA) is 78.7 Å². The zero-order chi connectivity index (χ0) is 20.4. The molecule has 1 aromatic carbocycles. The molecule has 1 N–H and O–H groups in total. The van der Waals surface area contributed by atoms with Crippen molar-refractivity contribution in [1.29, 1.82) is 0 Å². The highest BCUT2D eigenvalue weighted by Gasteiger charge is 2.22. The number of carbonyl (C=O) groups is 1. The first-order valence-corrected chi connectivity index (χ1v) is 9.40. The summed E-state index contributed by atoms with van der Waals surface area (Å²) in [6, 6.07) is 10.3. The fourth-order valence-electron chi connectivity index (χ4n) is 3.17. The summed E-state index contributed by atoms with van der Waals surface area (Å²) >= 11 is 5.84. The molecule has 29 heavy (non-hydrogen) atoms. The van der Waals surface area contributed by atoms with Gasteiger partial charge in [0.2, 0.25) is 11.7 Å². The third kappa shape index (κ3) is 4.43. The van der Waals surface area contributed by atoms with E-state index in [0.29, 0.717) is 42.7 Å². The number of nitrogens with one attached hydrogen (secondary N) is 1. The van der Waals surface area contributed by atoms with E-state index >= 15 is 0 Å². The number of rotatable bonds is 5. The third-order valence-electron chi connectivity index (χ3n) is 4.66. The van der Waals surface area contributed by atoms with Gasteiger partial charge in [0, 0.05) is 36.9 Å². The average Bonchev–Trinajstić information content (AvgIpc) is 3.14. The van der Waals surface area contributed by atoms with Gasteiger partial charge in [-0.3, -0.25) is 9.69 Å². The molecule has 1 amide bonds. The molecule has 0 spiro atoms. The van der Waals surface area contributed by atoms with Crippen LogP contribution in [0.4, 0.5) is 20.3 Å². The number of amides is 1. The van der Waals surface area contributed by atoms with Gasteiger partial charge in [-0.05, 0) is 36.4 Å². The van der Waals surface area contributed by atoms with Gasteiger partial charge in [0.1, 0.15) is 5.82 Å². The number of benzene rings is 1. The van der Waals surface area contributed by atoms with E-state index in [2.05, 4.69) is 20.6 Å². The first kappa shape index (κ1) is 19.5. The van der Waals surface area contributed by atoms with E-state index in [-0.39, 0.29) is 18.1 Å². The second-order valence-electron chi connectivity index (χ2n) is 6.64. The molecular formula is C18H18ClF2N7O. The molecule has 1 saturated heterocycles. The monoisotopic (exact) mass is 421 g/mol. The third-order valence-corrected chi connectivity index (χ3v) is 4.91. The molecule has 0 radical (unpaired) electrons. The van der Waals surface area contributed by atoms with Crippen molar-refractivity contribution in [2.24, 2.45) is 0 Å². The molecular weight excluding hydrogens is 404 g/mol. The number of nitrogens with zero attached hydrogens (tertiary/aromatic N) is 6. The molecule has 1 aliphatic rings. The summed E-state index contributed by atoms with van der Waals surface area (Å²) in [6.07, 6.45) is -2.75. The Morgan fingerprint density at radius 1 is 1.07 bits per heavy atom. The summed E-state index contributed by atoms with van der Waals surface area (Å²) in [7, 11) is 0. The SMILES string of the molecule is O=C(CN1CCN(c2ccc3nnc(C(F)F)n3n2)CC1)Nc1ccc(Cl)cc1. The number of fused-ring (bicyclic) bond motifs is 1. The van der Waals surface area contributed by atoms with Crippen molar-refractivity contribution in [1.82, 2.24) is 24.7 Å². The lowest BCUT2D eigenvalue weighted by Crippen LogP contribution is -2.49. The minimum atomic E-state index is -2.75. The smallest absolute Gasteiger partial charge is 0.299 e. The second-order valence-corrected chi connectivity index (χ2v) is 7.08. The highest BCUT2D eigenvalue weighted by atomic mass is 35.5. The normalized spacial score (nSPS) is 15.2. The number of hydrogen-bond donors (Lipinski definition) is 1. The Kier molecular flexibility index (Phi) is 5.54. The number of anilines is 2. The first-order valence-electron chi connectivity index (χ1n) is 9.03. The molecule has 0 atom stereocenters. The first-order chi connectivity index (χ1) is 14.0. The number of alkyl halides is 2. The van der Waals surface area contributed by atoms with E-state index in [0.717, 1.165) is 4.52 Å². The standard InChI is InChI=1S/C18H18ClF2N7O/c19-12-1-3-13(4-2-12)22-16(29)11-26-7-9-27(10-8-26)15-6-5-14-23-24-18(17(20)21)28(14)25-15/h1-6,17H,7-11H2,(H,22,29). The van der Waals surface area contributed by atoms with Gasteiger partial charge in [0.15, 0.2) is 5.65 Å². The zero-order valence-corrected chi connectivity index (χ0v) is 16.1. The molecule has 1 aliphatic heterocycles. The minimum Gasteiger partial charge on any atom is -0.353 e. The van der Waals surface area contributed by atoms with Crippen LogP contribution in [0.15, 0.2) is 36.4 Å². The van der Waals surface area contributed by atoms with Gasteiger partial charge in [0.25, 0.3) is 6.43 Å². The number of hydrogen-bond acceptors (Lipinski definition) is 6. The lowest BCUT2D eigenvalue weighted by atomic mass is 10.3. The van der Waals surface area contributed by atoms with Gasteiger partial charge in [0.05, 0.1) is 6.54 Å². The fourth-order valence-corrected chi connectivity index (χ4v) is 3.30. The van der Waals surface area contributed by atoms with Crippen LogP contribution in [0, 0.1) is 0 Å². The molecule has 3 aromatic rings. The molecule has 2 aromatic heterocycles. The lowest BCUT2D eigenvalue weighted by molar-refractivity contribution is -0.117. The molecule has 152 valence electrons. The Morgan fingerprint density at radius 3 is 2.48 bits per heavy atom. The molecule has 11 heteroatoms. The summed E-state index contributed by atoms with van der Waals surface area (Å²) in [5.41, 5.74) is 0.973. The van der Waals surface area contributed by atoms with Crippen LogP contribution < -0.4 is 10.2 Å². The van der Waals surface area contributed by atoms with E-state index in [9.17, 15) is 13.6 Å². The largest absolute Gasteiger partial charge is 0.353 e. The summed E-state index contributed by atoms with van der Waals surface area (Å²) in [5, 5.41) is 14.9. The number of carbonyl (C=O) groups excluding carboxylic acids is 1. The van der Waals surface area contributed by atoms with Crippen LogP contribution in [0.1, 0.15) is 12.2 Å². The van der Waals surface area contributed by atoms with Crippen LogP contribution in [0.3, 0.4) is 0 Å². The van der Waals surface area contributed by atoms with Crippen molar-refractivity contribution >= 4 is 34.7 Å². The molecule has 0 bridgehead atoms. The maximum atomic E-state index is 13.0. The van der Waals surface area contributed by atoms with Gasteiger partial charge < -0.3 is 10.2 Å². The Labute approximate surface area is 170 Å². The Morgan fingerprint density at radius 2 is 1.79 bits per heavy atom. The van der Waals surface area contributed by atoms with Crippen molar-refractivity contribution in [3.8, 4) is 0 Å². The van der Waals surface area contributed by atoms with E-state index in [1.54, 1.807) is 36.4 Å². The predicted molar refractivity (Wildman–Crippen MR) is 104 cm³/mol. The lowest BCUT2D eigenvalue weighted by Gasteiger charge is -2.34. The van der Waals surface area contributed by atoms with Crippen molar-refractivity contribution in [2.75, 3.05) is 42.9 Å². The minimum absolute atomic E-state index is 0.105. The number of aromatic nitrogens is 4. The van der Waals surface area contributed by atoms with Crippen molar-refractivity contribution in [3.05, 3.63) is 47.2 Å². The van der Waals surface area contributed by atoms with Gasteiger partial charge in [-0.15, -0.1) is 15.3 Å². The molecule has 1 fully saturated rings. The number of piperazine rings is 1. The summed E-state index contributed by atoms with van der Waals surface area (Å²) in [5.74, 6) is -0.00444. The molecule has 3 heterocycles. The quantitative estimate of drug-likeness (QED) is 0.682. The fraction of sp³-hybridized carbons (Fsp3) is 0.333. The van der Waals surface area contributed by atoms with Crippen molar-refractivity contribution in [2.45, 2.75) is 6.43 Å². The van der Waals surface area contributed by atoms with Crippen LogP contribution >= 0.6 is 11.6 Å². The Balaban J connectivity index is 1.34. The number of halogens is 3. The van der Waals surface area contributed by atoms with Crippen LogP contribution in [0.5, 0.6) is 0 Å². The summed E-state index contributed by atoms with van der Waals surface area (Å²) < 4.78 is 27.1. The van der Waals surface area contributed by atoms with Crippen LogP contribution in [-0.2, 0) is 4.79 Å². The van der Waals surface area contributed by atoms with E-state index < -0.39 is 12.2 Å². The summed E-state index contributed by atoms with van der Waals surface area (Å²) in [4.78, 5) is 16.3. The molecule has 0 saturated carbocycles. The van der Waals surface area contributed by atoms with Crippen LogP contribution in [0.2, 0.25) is 5.02 Å². The maximum absolute atomic E-state index is 13.0. The second kappa shape index (κ2) is 8.26.